The fraction of sp³-hybridized carbons (Fsp3) is 0.143. The third-order valence-corrected chi connectivity index (χ3v) is 3.24. The van der Waals surface area contributed by atoms with Gasteiger partial charge in [-0.05, 0) is 31.2 Å². The lowest BCUT2D eigenvalue weighted by Crippen LogP contribution is -2.35. The van der Waals surface area contributed by atoms with Crippen molar-refractivity contribution in [3.63, 3.8) is 0 Å². The van der Waals surface area contributed by atoms with E-state index >= 15 is 0 Å². The predicted octanol–water partition coefficient (Wildman–Crippen LogP) is 4.42. The molecule has 0 spiro atoms. The maximum Gasteiger partial charge on any atom is 0.509 e. The van der Waals surface area contributed by atoms with E-state index in [4.69, 9.17) is 16.3 Å². The number of aryl methyl sites for hydroxylation is 1. The molecule has 0 fully saturated rings. The smallest absolute Gasteiger partial charge is 0.489 e. The summed E-state index contributed by atoms with van der Waals surface area (Å²) in [5.41, 5.74) is -0.294. The van der Waals surface area contributed by atoms with Crippen LogP contribution in [0.4, 0.5) is 17.3 Å². The zero-order valence-electron chi connectivity index (χ0n) is 11.0. The summed E-state index contributed by atoms with van der Waals surface area (Å²) in [6, 6.07) is 7.63. The molecule has 112 valence electrons. The van der Waals surface area contributed by atoms with Crippen molar-refractivity contribution in [3.05, 3.63) is 58.4 Å². The third kappa shape index (κ3) is 3.91. The maximum atomic E-state index is 13.5. The summed E-state index contributed by atoms with van der Waals surface area (Å²) in [6.45, 7) is -3.77. The molecule has 7 heteroatoms. The molecule has 2 aromatic rings. The minimum Gasteiger partial charge on any atom is -0.489 e. The maximum absolute atomic E-state index is 13.5. The van der Waals surface area contributed by atoms with Gasteiger partial charge in [-0.15, -0.1) is 5.46 Å². The first-order valence-corrected chi connectivity index (χ1v) is 6.52. The van der Waals surface area contributed by atoms with Crippen LogP contribution in [0.1, 0.15) is 11.1 Å². The van der Waals surface area contributed by atoms with Crippen molar-refractivity contribution < 1.29 is 22.1 Å². The van der Waals surface area contributed by atoms with E-state index in [1.165, 1.54) is 31.2 Å². The second kappa shape index (κ2) is 5.97. The zero-order valence-corrected chi connectivity index (χ0v) is 11.8. The molecular weight excluding hydrogens is 306 g/mol. The fourth-order valence-electron chi connectivity index (χ4n) is 1.91. The van der Waals surface area contributed by atoms with Crippen LogP contribution in [0.15, 0.2) is 36.4 Å². The van der Waals surface area contributed by atoms with Gasteiger partial charge < -0.3 is 17.7 Å². The van der Waals surface area contributed by atoms with Crippen molar-refractivity contribution in [2.75, 3.05) is 0 Å². The van der Waals surface area contributed by atoms with Gasteiger partial charge in [-0.25, -0.2) is 4.39 Å². The van der Waals surface area contributed by atoms with Gasteiger partial charge in [-0.2, -0.15) is 0 Å². The molecule has 0 atom stereocenters. The van der Waals surface area contributed by atoms with Gasteiger partial charge in [0, 0.05) is 10.6 Å². The Labute approximate surface area is 124 Å². The van der Waals surface area contributed by atoms with Crippen LogP contribution in [0.2, 0.25) is 5.02 Å². The van der Waals surface area contributed by atoms with Crippen molar-refractivity contribution >= 4 is 24.0 Å². The summed E-state index contributed by atoms with van der Waals surface area (Å²) in [6.07, 6.45) is 0. The highest BCUT2D eigenvalue weighted by atomic mass is 35.5. The molecule has 0 radical (unpaired) electrons. The number of hydrogen-bond acceptors (Lipinski definition) is 1. The first kappa shape index (κ1) is 15.7. The largest absolute Gasteiger partial charge is 0.509 e. The van der Waals surface area contributed by atoms with Crippen molar-refractivity contribution in [3.8, 4) is 5.75 Å². The lowest BCUT2D eigenvalue weighted by molar-refractivity contribution is 0.299. The highest BCUT2D eigenvalue weighted by Crippen LogP contribution is 2.20. The van der Waals surface area contributed by atoms with Crippen LogP contribution < -0.4 is 10.2 Å². The Hall–Kier alpha value is -1.69. The Morgan fingerprint density at radius 1 is 1.10 bits per heavy atom. The molecule has 0 heterocycles. The molecule has 0 aromatic heterocycles. The van der Waals surface area contributed by atoms with E-state index in [0.29, 0.717) is 0 Å². The van der Waals surface area contributed by atoms with E-state index < -0.39 is 18.3 Å². The Morgan fingerprint density at radius 2 is 1.81 bits per heavy atom. The number of ether oxygens (including phenoxy) is 1. The molecule has 0 amide bonds. The van der Waals surface area contributed by atoms with Gasteiger partial charge in [-0.3, -0.25) is 0 Å². The SMILES string of the molecule is Cc1cc(OCc2ccc(Cl)cc2F)ccc1[B-](F)(F)F. The van der Waals surface area contributed by atoms with Crippen LogP contribution in [-0.2, 0) is 6.61 Å². The zero-order chi connectivity index (χ0) is 15.6. The van der Waals surface area contributed by atoms with Gasteiger partial charge in [0.1, 0.15) is 18.2 Å². The monoisotopic (exact) mass is 317 g/mol. The third-order valence-electron chi connectivity index (χ3n) is 3.00. The molecule has 0 saturated heterocycles. The molecular formula is C14H11BClF4O-. The van der Waals surface area contributed by atoms with Gasteiger partial charge in [-0.1, -0.05) is 29.3 Å². The van der Waals surface area contributed by atoms with E-state index in [0.717, 1.165) is 12.1 Å². The number of halogens is 5. The van der Waals surface area contributed by atoms with Crippen molar-refractivity contribution in [1.29, 1.82) is 0 Å². The second-order valence-corrected chi connectivity index (χ2v) is 5.05. The molecule has 2 aromatic carbocycles. The Morgan fingerprint density at radius 3 is 2.38 bits per heavy atom. The summed E-state index contributed by atoms with van der Waals surface area (Å²) in [5, 5.41) is 0.267. The Bertz CT molecular complexity index is 658. The molecule has 0 unspecified atom stereocenters. The van der Waals surface area contributed by atoms with Gasteiger partial charge >= 0.3 is 6.98 Å². The molecule has 0 bridgehead atoms. The Balaban J connectivity index is 2.12. The van der Waals surface area contributed by atoms with E-state index in [1.807, 2.05) is 0 Å². The lowest BCUT2D eigenvalue weighted by atomic mass is 9.77. The number of hydrogen-bond donors (Lipinski definition) is 0. The van der Waals surface area contributed by atoms with Gasteiger partial charge in [0.2, 0.25) is 0 Å². The van der Waals surface area contributed by atoms with Gasteiger partial charge in [0.15, 0.2) is 0 Å². The number of benzene rings is 2. The Kier molecular flexibility index (Phi) is 4.47. The normalized spacial score (nSPS) is 11.5. The van der Waals surface area contributed by atoms with Crippen molar-refractivity contribution in [2.24, 2.45) is 0 Å². The molecule has 2 rings (SSSR count). The summed E-state index contributed by atoms with van der Waals surface area (Å²) in [4.78, 5) is 0. The summed E-state index contributed by atoms with van der Waals surface area (Å²) < 4.78 is 56.9. The van der Waals surface area contributed by atoms with E-state index in [1.54, 1.807) is 0 Å². The first-order valence-electron chi connectivity index (χ1n) is 6.14. The molecule has 0 aliphatic heterocycles. The molecule has 0 aliphatic carbocycles. The van der Waals surface area contributed by atoms with Crippen LogP contribution in [0, 0.1) is 12.7 Å². The summed E-state index contributed by atoms with van der Waals surface area (Å²) >= 11 is 5.63. The molecule has 0 saturated carbocycles. The quantitative estimate of drug-likeness (QED) is 0.599. The van der Waals surface area contributed by atoms with Gasteiger partial charge in [0.25, 0.3) is 0 Å². The minimum absolute atomic E-state index is 0.0802. The summed E-state index contributed by atoms with van der Waals surface area (Å²) in [7, 11) is 0. The topological polar surface area (TPSA) is 9.23 Å². The average molecular weight is 317 g/mol. The lowest BCUT2D eigenvalue weighted by Gasteiger charge is -2.18. The van der Waals surface area contributed by atoms with Crippen molar-refractivity contribution in [1.82, 2.24) is 0 Å². The van der Waals surface area contributed by atoms with Gasteiger partial charge in [0.05, 0.1) is 0 Å². The van der Waals surface area contributed by atoms with Crippen LogP contribution in [0.25, 0.3) is 0 Å². The second-order valence-electron chi connectivity index (χ2n) is 4.62. The summed E-state index contributed by atoms with van der Waals surface area (Å²) in [5.74, 6) is -0.264. The predicted molar refractivity (Wildman–Crippen MR) is 75.6 cm³/mol. The molecule has 21 heavy (non-hydrogen) atoms. The van der Waals surface area contributed by atoms with E-state index in [2.05, 4.69) is 0 Å². The molecule has 0 aliphatic rings. The van der Waals surface area contributed by atoms with Crippen LogP contribution in [0.5, 0.6) is 5.75 Å². The van der Waals surface area contributed by atoms with Crippen LogP contribution in [0.3, 0.4) is 0 Å². The average Bonchev–Trinajstić information content (AvgIpc) is 2.36. The standard InChI is InChI=1S/C14H11BClF4O/c1-9-6-12(4-5-13(9)15(18,19)20)21-8-10-2-3-11(16)7-14(10)17/h2-7H,8H2,1H3/q-1. The van der Waals surface area contributed by atoms with Crippen LogP contribution >= 0.6 is 11.6 Å². The molecule has 0 N–H and O–H groups in total. The van der Waals surface area contributed by atoms with E-state index in [9.17, 15) is 17.3 Å². The van der Waals surface area contributed by atoms with Crippen molar-refractivity contribution in [2.45, 2.75) is 13.5 Å². The fourth-order valence-corrected chi connectivity index (χ4v) is 2.06. The number of rotatable bonds is 4. The minimum atomic E-state index is -5.04. The van der Waals surface area contributed by atoms with Crippen LogP contribution in [-0.4, -0.2) is 6.98 Å². The molecule has 1 nitrogen and oxygen atoms in total. The first-order chi connectivity index (χ1) is 9.77. The highest BCUT2D eigenvalue weighted by Gasteiger charge is 2.27. The van der Waals surface area contributed by atoms with E-state index in [-0.39, 0.29) is 28.5 Å². The highest BCUT2D eigenvalue weighted by molar-refractivity contribution is 6.74.